The zero-order valence-corrected chi connectivity index (χ0v) is 8.48. The van der Waals surface area contributed by atoms with Crippen molar-refractivity contribution in [1.29, 1.82) is 0 Å². The maximum atomic E-state index is 11.4. The third kappa shape index (κ3) is 1.42. The Morgan fingerprint density at radius 2 is 2.06 bits per heavy atom. The first-order valence-corrected chi connectivity index (χ1v) is 4.57. The van der Waals surface area contributed by atoms with Gasteiger partial charge in [0, 0.05) is 11.6 Å². The van der Waals surface area contributed by atoms with Crippen LogP contribution >= 0.6 is 0 Å². The second-order valence-corrected chi connectivity index (χ2v) is 3.23. The summed E-state index contributed by atoms with van der Waals surface area (Å²) in [5.74, 6) is -1.53. The van der Waals surface area contributed by atoms with Gasteiger partial charge in [0.2, 0.25) is 0 Å². The molecule has 0 bridgehead atoms. The van der Waals surface area contributed by atoms with Gasteiger partial charge in [-0.2, -0.15) is 0 Å². The summed E-state index contributed by atoms with van der Waals surface area (Å²) < 4.78 is 4.60. The number of ether oxygens (including phenoxy) is 1. The number of nitrogens with one attached hydrogen (secondary N) is 1. The van der Waals surface area contributed by atoms with E-state index in [1.165, 1.54) is 19.4 Å². The number of carboxylic acid groups (broad SMARTS) is 1. The zero-order chi connectivity index (χ0) is 11.7. The number of aromatic carboxylic acids is 1. The van der Waals surface area contributed by atoms with E-state index in [-0.39, 0.29) is 5.56 Å². The number of H-pyrrole nitrogens is 1. The van der Waals surface area contributed by atoms with Crippen molar-refractivity contribution in [3.05, 3.63) is 35.5 Å². The molecule has 0 spiro atoms. The lowest BCUT2D eigenvalue weighted by atomic mass is 10.1. The molecule has 2 aromatic rings. The molecular weight excluding hydrogens is 210 g/mol. The lowest BCUT2D eigenvalue weighted by Gasteiger charge is -1.98. The fraction of sp³-hybridized carbons (Fsp3) is 0.0909. The maximum absolute atomic E-state index is 11.4. The van der Waals surface area contributed by atoms with Crippen molar-refractivity contribution >= 4 is 22.8 Å². The maximum Gasteiger partial charge on any atom is 0.340 e. The smallest absolute Gasteiger partial charge is 0.340 e. The van der Waals surface area contributed by atoms with Gasteiger partial charge in [-0.05, 0) is 6.07 Å². The van der Waals surface area contributed by atoms with Crippen LogP contribution in [0, 0.1) is 0 Å². The second-order valence-electron chi connectivity index (χ2n) is 3.23. The summed E-state index contributed by atoms with van der Waals surface area (Å²) in [4.78, 5) is 25.1. The summed E-state index contributed by atoms with van der Waals surface area (Å²) in [6.45, 7) is 0. The molecule has 16 heavy (non-hydrogen) atoms. The van der Waals surface area contributed by atoms with Crippen LogP contribution in [-0.4, -0.2) is 29.1 Å². The van der Waals surface area contributed by atoms with Crippen LogP contribution in [0.1, 0.15) is 20.7 Å². The highest BCUT2D eigenvalue weighted by atomic mass is 16.5. The largest absolute Gasteiger partial charge is 0.478 e. The molecule has 0 saturated carbocycles. The number of methoxy groups -OCH3 is 1. The lowest BCUT2D eigenvalue weighted by Crippen LogP contribution is -2.00. The van der Waals surface area contributed by atoms with E-state index in [0.29, 0.717) is 16.5 Å². The first-order valence-electron chi connectivity index (χ1n) is 4.57. The van der Waals surface area contributed by atoms with Crippen LogP contribution in [0.2, 0.25) is 0 Å². The van der Waals surface area contributed by atoms with Crippen molar-refractivity contribution < 1.29 is 19.4 Å². The molecule has 0 saturated heterocycles. The topological polar surface area (TPSA) is 79.4 Å². The molecule has 1 heterocycles. The highest BCUT2D eigenvalue weighted by Gasteiger charge is 2.16. The number of esters is 1. The lowest BCUT2D eigenvalue weighted by molar-refractivity contribution is 0.0602. The Hall–Kier alpha value is -2.30. The number of carbonyl (C=O) groups excluding carboxylic acids is 1. The van der Waals surface area contributed by atoms with Crippen LogP contribution in [0.4, 0.5) is 0 Å². The molecule has 0 aliphatic heterocycles. The van der Waals surface area contributed by atoms with E-state index in [4.69, 9.17) is 5.11 Å². The summed E-state index contributed by atoms with van der Waals surface area (Å²) in [5.41, 5.74) is 0.892. The van der Waals surface area contributed by atoms with Crippen molar-refractivity contribution in [2.45, 2.75) is 0 Å². The number of rotatable bonds is 2. The molecule has 82 valence electrons. The molecule has 0 radical (unpaired) electrons. The minimum atomic E-state index is -1.04. The number of fused-ring (bicyclic) bond motifs is 1. The van der Waals surface area contributed by atoms with E-state index in [1.807, 2.05) is 0 Å². The van der Waals surface area contributed by atoms with Gasteiger partial charge in [0.1, 0.15) is 0 Å². The number of para-hydroxylation sites is 1. The minimum absolute atomic E-state index is 0.132. The molecule has 2 N–H and O–H groups in total. The Kier molecular flexibility index (Phi) is 2.36. The summed E-state index contributed by atoms with van der Waals surface area (Å²) >= 11 is 0. The molecule has 2 rings (SSSR count). The first kappa shape index (κ1) is 10.2. The predicted octanol–water partition coefficient (Wildman–Crippen LogP) is 1.65. The Labute approximate surface area is 90.6 Å². The molecule has 0 amide bonds. The second kappa shape index (κ2) is 3.69. The van der Waals surface area contributed by atoms with Crippen molar-refractivity contribution in [3.8, 4) is 0 Å². The Bertz CT molecular complexity index is 570. The van der Waals surface area contributed by atoms with Gasteiger partial charge < -0.3 is 14.8 Å². The van der Waals surface area contributed by atoms with E-state index < -0.39 is 11.9 Å². The van der Waals surface area contributed by atoms with Crippen molar-refractivity contribution in [1.82, 2.24) is 4.98 Å². The molecule has 1 aromatic carbocycles. The summed E-state index contributed by atoms with van der Waals surface area (Å²) in [7, 11) is 1.28. The number of hydrogen-bond acceptors (Lipinski definition) is 3. The van der Waals surface area contributed by atoms with Gasteiger partial charge in [0.05, 0.1) is 23.8 Å². The Morgan fingerprint density at radius 3 is 2.69 bits per heavy atom. The Morgan fingerprint density at radius 1 is 1.31 bits per heavy atom. The summed E-state index contributed by atoms with van der Waals surface area (Å²) in [6.07, 6.45) is 1.45. The van der Waals surface area contributed by atoms with Crippen LogP contribution in [-0.2, 0) is 4.74 Å². The Balaban J connectivity index is 2.71. The van der Waals surface area contributed by atoms with E-state index in [2.05, 4.69) is 9.72 Å². The van der Waals surface area contributed by atoms with E-state index in [0.717, 1.165) is 0 Å². The monoisotopic (exact) mass is 219 g/mol. The van der Waals surface area contributed by atoms with Gasteiger partial charge in [-0.3, -0.25) is 0 Å². The number of benzene rings is 1. The molecule has 0 aliphatic carbocycles. The van der Waals surface area contributed by atoms with E-state index >= 15 is 0 Å². The standard InChI is InChI=1S/C11H9NO4/c1-16-11(15)8-5-12-9-6(8)3-2-4-7(9)10(13)14/h2-5,12H,1H3,(H,13,14). The van der Waals surface area contributed by atoms with Crippen molar-refractivity contribution in [3.63, 3.8) is 0 Å². The van der Waals surface area contributed by atoms with Gasteiger partial charge >= 0.3 is 11.9 Å². The number of carboxylic acids is 1. The molecule has 0 fully saturated rings. The van der Waals surface area contributed by atoms with Gasteiger partial charge in [-0.15, -0.1) is 0 Å². The molecule has 0 aliphatic rings. The highest BCUT2D eigenvalue weighted by Crippen LogP contribution is 2.22. The van der Waals surface area contributed by atoms with E-state index in [1.54, 1.807) is 12.1 Å². The third-order valence-corrected chi connectivity index (χ3v) is 2.35. The molecule has 5 heteroatoms. The number of carbonyl (C=O) groups is 2. The van der Waals surface area contributed by atoms with Gasteiger partial charge in [-0.1, -0.05) is 12.1 Å². The molecule has 1 aromatic heterocycles. The molecule has 5 nitrogen and oxygen atoms in total. The zero-order valence-electron chi connectivity index (χ0n) is 8.48. The SMILES string of the molecule is COC(=O)c1c[nH]c2c(C(=O)O)cccc12. The summed E-state index contributed by atoms with van der Waals surface area (Å²) in [6, 6.07) is 4.73. The highest BCUT2D eigenvalue weighted by molar-refractivity contribution is 6.09. The number of aromatic nitrogens is 1. The van der Waals surface area contributed by atoms with Crippen molar-refractivity contribution in [2.75, 3.05) is 7.11 Å². The van der Waals surface area contributed by atoms with Gasteiger partial charge in [-0.25, -0.2) is 9.59 Å². The average molecular weight is 219 g/mol. The third-order valence-electron chi connectivity index (χ3n) is 2.35. The van der Waals surface area contributed by atoms with Crippen LogP contribution < -0.4 is 0 Å². The van der Waals surface area contributed by atoms with Crippen LogP contribution in [0.5, 0.6) is 0 Å². The average Bonchev–Trinajstić information content (AvgIpc) is 2.71. The van der Waals surface area contributed by atoms with Crippen LogP contribution in [0.3, 0.4) is 0 Å². The minimum Gasteiger partial charge on any atom is -0.478 e. The predicted molar refractivity (Wildman–Crippen MR) is 56.6 cm³/mol. The first-order chi connectivity index (χ1) is 7.65. The normalized spacial score (nSPS) is 10.3. The van der Waals surface area contributed by atoms with E-state index in [9.17, 15) is 9.59 Å². The quantitative estimate of drug-likeness (QED) is 0.752. The summed E-state index contributed by atoms with van der Waals surface area (Å²) in [5, 5.41) is 9.50. The molecular formula is C11H9NO4. The number of hydrogen-bond donors (Lipinski definition) is 2. The fourth-order valence-corrected chi connectivity index (χ4v) is 1.61. The molecule has 0 atom stereocenters. The fourth-order valence-electron chi connectivity index (χ4n) is 1.61. The molecule has 0 unspecified atom stereocenters. The van der Waals surface area contributed by atoms with Crippen LogP contribution in [0.25, 0.3) is 10.9 Å². The number of aromatic amines is 1. The van der Waals surface area contributed by atoms with Crippen molar-refractivity contribution in [2.24, 2.45) is 0 Å². The van der Waals surface area contributed by atoms with Gasteiger partial charge in [0.25, 0.3) is 0 Å². The van der Waals surface area contributed by atoms with Crippen LogP contribution in [0.15, 0.2) is 24.4 Å². The van der Waals surface area contributed by atoms with Gasteiger partial charge in [0.15, 0.2) is 0 Å².